The van der Waals surface area contributed by atoms with Gasteiger partial charge in [0, 0.05) is 16.3 Å². The number of carbonyl (C=O) groups is 2. The van der Waals surface area contributed by atoms with Gasteiger partial charge in [-0.25, -0.2) is 4.98 Å². The minimum atomic E-state index is -0.934. The summed E-state index contributed by atoms with van der Waals surface area (Å²) in [7, 11) is 0. The molecule has 22 heavy (non-hydrogen) atoms. The summed E-state index contributed by atoms with van der Waals surface area (Å²) in [6.45, 7) is 2.71. The highest BCUT2D eigenvalue weighted by Gasteiger charge is 2.25. The van der Waals surface area contributed by atoms with E-state index in [1.807, 2.05) is 30.3 Å². The summed E-state index contributed by atoms with van der Waals surface area (Å²) < 4.78 is 0. The summed E-state index contributed by atoms with van der Waals surface area (Å²) in [6.07, 6.45) is 0. The molecule has 0 aliphatic carbocycles. The number of fused-ring (bicyclic) bond motifs is 2. The maximum absolute atomic E-state index is 11.7. The van der Waals surface area contributed by atoms with E-state index in [0.717, 1.165) is 10.9 Å². The lowest BCUT2D eigenvalue weighted by atomic mass is 9.90. The molecular weight excluding hydrogens is 278 g/mol. The number of pyridine rings is 1. The number of benzene rings is 2. The molecule has 4 heteroatoms. The minimum absolute atomic E-state index is 0.0499. The number of Topliss-reactive ketones (excluding diaryl/α,β-unsaturated/α-hetero) is 2. The standard InChI is InChI=1S/C18H15NO3/c1-10(20)17(11(2)21)13-7-8-16-14(18(13)22)9-12-5-3-4-6-15(12)19-16/h3-9,17,22H,1-2H3. The predicted molar refractivity (Wildman–Crippen MR) is 85.0 cm³/mol. The lowest BCUT2D eigenvalue weighted by Crippen LogP contribution is -2.17. The second-order valence-corrected chi connectivity index (χ2v) is 5.41. The van der Waals surface area contributed by atoms with Crippen LogP contribution in [0.2, 0.25) is 0 Å². The fraction of sp³-hybridized carbons (Fsp3) is 0.167. The molecule has 0 radical (unpaired) electrons. The molecule has 3 aromatic rings. The molecule has 0 aliphatic heterocycles. The first-order chi connectivity index (χ1) is 10.5. The summed E-state index contributed by atoms with van der Waals surface area (Å²) >= 11 is 0. The van der Waals surface area contributed by atoms with Crippen LogP contribution in [0.3, 0.4) is 0 Å². The number of aromatic hydroxyl groups is 1. The Hall–Kier alpha value is -2.75. The number of phenolic OH excluding ortho intramolecular Hbond substituents is 1. The van der Waals surface area contributed by atoms with Crippen LogP contribution in [0.5, 0.6) is 5.75 Å². The van der Waals surface area contributed by atoms with Gasteiger partial charge < -0.3 is 5.11 Å². The van der Waals surface area contributed by atoms with Crippen LogP contribution in [0.15, 0.2) is 42.5 Å². The number of aromatic nitrogens is 1. The van der Waals surface area contributed by atoms with E-state index >= 15 is 0 Å². The smallest absolute Gasteiger partial charge is 0.144 e. The van der Waals surface area contributed by atoms with Crippen molar-refractivity contribution in [2.75, 3.05) is 0 Å². The largest absolute Gasteiger partial charge is 0.507 e. The highest BCUT2D eigenvalue weighted by atomic mass is 16.3. The molecule has 110 valence electrons. The van der Waals surface area contributed by atoms with Crippen LogP contribution in [0.1, 0.15) is 25.3 Å². The SMILES string of the molecule is CC(=O)C(C(C)=O)c1ccc2nc3ccccc3cc2c1O. The van der Waals surface area contributed by atoms with Crippen molar-refractivity contribution in [1.82, 2.24) is 4.98 Å². The van der Waals surface area contributed by atoms with Crippen LogP contribution in [0.25, 0.3) is 21.8 Å². The van der Waals surface area contributed by atoms with Crippen molar-refractivity contribution in [3.05, 3.63) is 48.0 Å². The van der Waals surface area contributed by atoms with Crippen molar-refractivity contribution >= 4 is 33.4 Å². The van der Waals surface area contributed by atoms with Crippen LogP contribution in [0, 0.1) is 0 Å². The number of hydrogen-bond donors (Lipinski definition) is 1. The van der Waals surface area contributed by atoms with E-state index < -0.39 is 5.92 Å². The maximum atomic E-state index is 11.7. The van der Waals surface area contributed by atoms with Gasteiger partial charge in [-0.2, -0.15) is 0 Å². The average Bonchev–Trinajstić information content (AvgIpc) is 2.48. The van der Waals surface area contributed by atoms with E-state index in [1.54, 1.807) is 12.1 Å². The zero-order chi connectivity index (χ0) is 15.9. The Labute approximate surface area is 127 Å². The van der Waals surface area contributed by atoms with Gasteiger partial charge in [0.25, 0.3) is 0 Å². The lowest BCUT2D eigenvalue weighted by molar-refractivity contribution is -0.126. The Balaban J connectivity index is 2.30. The van der Waals surface area contributed by atoms with E-state index in [2.05, 4.69) is 4.98 Å². The van der Waals surface area contributed by atoms with Crippen LogP contribution in [-0.4, -0.2) is 21.7 Å². The molecule has 1 aromatic heterocycles. The van der Waals surface area contributed by atoms with Gasteiger partial charge >= 0.3 is 0 Å². The van der Waals surface area contributed by atoms with Crippen molar-refractivity contribution in [2.45, 2.75) is 19.8 Å². The lowest BCUT2D eigenvalue weighted by Gasteiger charge is -2.14. The van der Waals surface area contributed by atoms with E-state index in [4.69, 9.17) is 0 Å². The number of ketones is 2. The van der Waals surface area contributed by atoms with Gasteiger partial charge in [0.15, 0.2) is 0 Å². The monoisotopic (exact) mass is 293 g/mol. The van der Waals surface area contributed by atoms with Crippen LogP contribution < -0.4 is 0 Å². The van der Waals surface area contributed by atoms with Gasteiger partial charge in [-0.1, -0.05) is 24.3 Å². The van der Waals surface area contributed by atoms with Crippen LogP contribution in [-0.2, 0) is 9.59 Å². The van der Waals surface area contributed by atoms with Gasteiger partial charge in [-0.15, -0.1) is 0 Å². The van der Waals surface area contributed by atoms with Gasteiger partial charge in [0.2, 0.25) is 0 Å². The molecule has 0 amide bonds. The molecule has 0 aliphatic rings. The molecule has 4 nitrogen and oxygen atoms in total. The third-order valence-electron chi connectivity index (χ3n) is 3.83. The average molecular weight is 293 g/mol. The molecule has 1 N–H and O–H groups in total. The number of rotatable bonds is 3. The Morgan fingerprint density at radius 3 is 2.36 bits per heavy atom. The second kappa shape index (κ2) is 5.22. The zero-order valence-corrected chi connectivity index (χ0v) is 12.3. The normalized spacial score (nSPS) is 11.2. The maximum Gasteiger partial charge on any atom is 0.144 e. The molecule has 0 atom stereocenters. The Morgan fingerprint density at radius 2 is 1.68 bits per heavy atom. The number of para-hydroxylation sites is 1. The third-order valence-corrected chi connectivity index (χ3v) is 3.83. The minimum Gasteiger partial charge on any atom is -0.507 e. The fourth-order valence-corrected chi connectivity index (χ4v) is 2.81. The van der Waals surface area contributed by atoms with Gasteiger partial charge in [0.1, 0.15) is 23.2 Å². The summed E-state index contributed by atoms with van der Waals surface area (Å²) in [5, 5.41) is 12.0. The molecule has 2 aromatic carbocycles. The zero-order valence-electron chi connectivity index (χ0n) is 12.3. The van der Waals surface area contributed by atoms with Crippen molar-refractivity contribution in [1.29, 1.82) is 0 Å². The predicted octanol–water partition coefficient (Wildman–Crippen LogP) is 3.36. The third kappa shape index (κ3) is 2.22. The van der Waals surface area contributed by atoms with Crippen molar-refractivity contribution in [3.63, 3.8) is 0 Å². The van der Waals surface area contributed by atoms with Crippen molar-refractivity contribution in [2.24, 2.45) is 0 Å². The van der Waals surface area contributed by atoms with Gasteiger partial charge in [0.05, 0.1) is 11.0 Å². The number of hydrogen-bond acceptors (Lipinski definition) is 4. The molecule has 0 unspecified atom stereocenters. The number of carbonyl (C=O) groups excluding carboxylic acids is 2. The fourth-order valence-electron chi connectivity index (χ4n) is 2.81. The summed E-state index contributed by atoms with van der Waals surface area (Å²) in [5.41, 5.74) is 1.80. The first-order valence-corrected chi connectivity index (χ1v) is 7.01. The van der Waals surface area contributed by atoms with E-state index in [9.17, 15) is 14.7 Å². The topological polar surface area (TPSA) is 67.3 Å². The number of phenols is 1. The van der Waals surface area contributed by atoms with Gasteiger partial charge in [-0.05, 0) is 32.0 Å². The first-order valence-electron chi connectivity index (χ1n) is 7.01. The highest BCUT2D eigenvalue weighted by molar-refractivity contribution is 6.07. The van der Waals surface area contributed by atoms with Gasteiger partial charge in [-0.3, -0.25) is 9.59 Å². The second-order valence-electron chi connectivity index (χ2n) is 5.41. The molecular formula is C18H15NO3. The molecule has 0 bridgehead atoms. The van der Waals surface area contributed by atoms with Crippen LogP contribution in [0.4, 0.5) is 0 Å². The van der Waals surface area contributed by atoms with Crippen molar-refractivity contribution < 1.29 is 14.7 Å². The Morgan fingerprint density at radius 1 is 1.00 bits per heavy atom. The molecule has 0 saturated heterocycles. The molecule has 0 fully saturated rings. The molecule has 0 spiro atoms. The molecule has 3 rings (SSSR count). The van der Waals surface area contributed by atoms with E-state index in [0.29, 0.717) is 16.5 Å². The van der Waals surface area contributed by atoms with E-state index in [-0.39, 0.29) is 17.3 Å². The first kappa shape index (κ1) is 14.2. The summed E-state index contributed by atoms with van der Waals surface area (Å²) in [4.78, 5) is 28.0. The Bertz CT molecular complexity index is 901. The summed E-state index contributed by atoms with van der Waals surface area (Å²) in [6, 6.07) is 12.8. The van der Waals surface area contributed by atoms with Crippen LogP contribution >= 0.6 is 0 Å². The Kier molecular flexibility index (Phi) is 3.37. The van der Waals surface area contributed by atoms with E-state index in [1.165, 1.54) is 13.8 Å². The molecule has 1 heterocycles. The molecule has 0 saturated carbocycles. The quantitative estimate of drug-likeness (QED) is 0.594. The van der Waals surface area contributed by atoms with Crippen molar-refractivity contribution in [3.8, 4) is 5.75 Å². The number of nitrogens with zero attached hydrogens (tertiary/aromatic N) is 1. The highest BCUT2D eigenvalue weighted by Crippen LogP contribution is 2.35. The summed E-state index contributed by atoms with van der Waals surface area (Å²) in [5.74, 6) is -1.55.